The fraction of sp³-hybridized carbons (Fsp3) is 0.417. The molecule has 1 N–H and O–H groups in total. The Morgan fingerprint density at radius 2 is 2.19 bits per heavy atom. The van der Waals surface area contributed by atoms with Gasteiger partial charge in [0.2, 0.25) is 0 Å². The number of sulfonamides is 1. The van der Waals surface area contributed by atoms with Crippen LogP contribution < -0.4 is 4.72 Å². The number of hydrogen-bond donors (Lipinski definition) is 1. The SMILES string of the molecule is CC(CCS(C)=O)NS(=O)(=O)c1c(Cl)nc2ccccn12. The van der Waals surface area contributed by atoms with Crippen molar-refractivity contribution in [3.8, 4) is 0 Å². The second kappa shape index (κ2) is 6.43. The molecule has 21 heavy (non-hydrogen) atoms. The van der Waals surface area contributed by atoms with Crippen molar-refractivity contribution in [2.24, 2.45) is 0 Å². The first kappa shape index (κ1) is 16.4. The number of halogens is 1. The van der Waals surface area contributed by atoms with Gasteiger partial charge in [-0.3, -0.25) is 8.61 Å². The molecule has 0 bridgehead atoms. The van der Waals surface area contributed by atoms with E-state index < -0.39 is 20.8 Å². The van der Waals surface area contributed by atoms with Gasteiger partial charge in [0.1, 0.15) is 5.65 Å². The van der Waals surface area contributed by atoms with Gasteiger partial charge in [0.05, 0.1) is 0 Å². The lowest BCUT2D eigenvalue weighted by Crippen LogP contribution is -2.34. The van der Waals surface area contributed by atoms with E-state index in [0.717, 1.165) is 0 Å². The molecule has 0 saturated carbocycles. The lowest BCUT2D eigenvalue weighted by Gasteiger charge is -2.13. The standard InChI is InChI=1S/C12H16ClN3O3S2/c1-9(6-8-20(2)17)15-21(18,19)12-11(13)14-10-5-3-4-7-16(10)12/h3-5,7,9,15H,6,8H2,1-2H3. The monoisotopic (exact) mass is 349 g/mol. The van der Waals surface area contributed by atoms with E-state index in [1.54, 1.807) is 37.6 Å². The van der Waals surface area contributed by atoms with Crippen LogP contribution in [0.4, 0.5) is 0 Å². The topological polar surface area (TPSA) is 80.5 Å². The fourth-order valence-electron chi connectivity index (χ4n) is 1.91. The number of nitrogens with zero attached hydrogens (tertiary/aromatic N) is 2. The minimum absolute atomic E-state index is 0.0695. The third-order valence-electron chi connectivity index (χ3n) is 2.90. The zero-order valence-corrected chi connectivity index (χ0v) is 14.0. The third kappa shape index (κ3) is 3.82. The van der Waals surface area contributed by atoms with Crippen LogP contribution in [0.15, 0.2) is 29.4 Å². The van der Waals surface area contributed by atoms with E-state index in [1.165, 1.54) is 4.40 Å². The van der Waals surface area contributed by atoms with Crippen LogP contribution in [0.5, 0.6) is 0 Å². The molecule has 2 aromatic heterocycles. The number of rotatable bonds is 6. The lowest BCUT2D eigenvalue weighted by atomic mass is 10.3. The summed E-state index contributed by atoms with van der Waals surface area (Å²) in [5.41, 5.74) is 0.463. The maximum Gasteiger partial charge on any atom is 0.260 e. The highest BCUT2D eigenvalue weighted by Gasteiger charge is 2.25. The molecular weight excluding hydrogens is 334 g/mol. The number of pyridine rings is 1. The smallest absolute Gasteiger partial charge is 0.260 e. The first-order valence-corrected chi connectivity index (χ1v) is 9.85. The van der Waals surface area contributed by atoms with Gasteiger partial charge in [-0.1, -0.05) is 17.7 Å². The highest BCUT2D eigenvalue weighted by Crippen LogP contribution is 2.22. The molecule has 0 spiro atoms. The summed E-state index contributed by atoms with van der Waals surface area (Å²) in [4.78, 5) is 4.02. The van der Waals surface area contributed by atoms with Gasteiger partial charge >= 0.3 is 0 Å². The maximum atomic E-state index is 12.5. The second-order valence-electron chi connectivity index (χ2n) is 4.72. The Kier molecular flexibility index (Phi) is 5.03. The van der Waals surface area contributed by atoms with Crippen molar-refractivity contribution >= 4 is 38.1 Å². The molecule has 2 aromatic rings. The Balaban J connectivity index is 2.30. The van der Waals surface area contributed by atoms with E-state index in [1.807, 2.05) is 0 Å². The number of nitrogens with one attached hydrogen (secondary N) is 1. The Morgan fingerprint density at radius 3 is 2.86 bits per heavy atom. The van der Waals surface area contributed by atoms with Crippen molar-refractivity contribution in [2.75, 3.05) is 12.0 Å². The molecule has 0 aromatic carbocycles. The van der Waals surface area contributed by atoms with Crippen LogP contribution >= 0.6 is 11.6 Å². The van der Waals surface area contributed by atoms with Gasteiger partial charge in [-0.15, -0.1) is 0 Å². The van der Waals surface area contributed by atoms with Gasteiger partial charge in [0.25, 0.3) is 10.0 Å². The summed E-state index contributed by atoms with van der Waals surface area (Å²) in [6, 6.07) is 4.79. The zero-order valence-electron chi connectivity index (χ0n) is 11.6. The van der Waals surface area contributed by atoms with Crippen molar-refractivity contribution < 1.29 is 12.6 Å². The van der Waals surface area contributed by atoms with E-state index in [-0.39, 0.29) is 16.2 Å². The number of imidazole rings is 1. The first-order valence-electron chi connectivity index (χ1n) is 6.26. The van der Waals surface area contributed by atoms with Crippen LogP contribution in [0.25, 0.3) is 5.65 Å². The van der Waals surface area contributed by atoms with Gasteiger partial charge in [0.15, 0.2) is 10.2 Å². The summed E-state index contributed by atoms with van der Waals surface area (Å²) in [5, 5.41) is -0.149. The lowest BCUT2D eigenvalue weighted by molar-refractivity contribution is 0.551. The number of hydrogen-bond acceptors (Lipinski definition) is 4. The van der Waals surface area contributed by atoms with Gasteiger partial charge in [0, 0.05) is 35.0 Å². The summed E-state index contributed by atoms with van der Waals surface area (Å²) in [7, 11) is -4.76. The van der Waals surface area contributed by atoms with Crippen LogP contribution in [0.2, 0.25) is 5.15 Å². The highest BCUT2D eigenvalue weighted by molar-refractivity contribution is 7.89. The van der Waals surface area contributed by atoms with Crippen LogP contribution in [0, 0.1) is 0 Å². The molecule has 2 rings (SSSR count). The van der Waals surface area contributed by atoms with Crippen molar-refractivity contribution in [3.05, 3.63) is 29.5 Å². The molecule has 2 heterocycles. The van der Waals surface area contributed by atoms with Gasteiger partial charge < -0.3 is 0 Å². The van der Waals surface area contributed by atoms with E-state index in [4.69, 9.17) is 11.6 Å². The Hall–Kier alpha value is -0.960. The molecule has 116 valence electrons. The van der Waals surface area contributed by atoms with Crippen LogP contribution in [-0.4, -0.2) is 40.1 Å². The molecule has 0 amide bonds. The summed E-state index contributed by atoms with van der Waals surface area (Å²) in [6.07, 6.45) is 3.66. The molecule has 2 unspecified atom stereocenters. The third-order valence-corrected chi connectivity index (χ3v) is 5.69. The molecule has 0 fully saturated rings. The minimum atomic E-state index is -3.80. The molecule has 0 radical (unpaired) electrons. The summed E-state index contributed by atoms with van der Waals surface area (Å²) >= 11 is 5.96. The van der Waals surface area contributed by atoms with Crippen LogP contribution in [-0.2, 0) is 20.8 Å². The first-order chi connectivity index (χ1) is 9.81. The van der Waals surface area contributed by atoms with E-state index in [2.05, 4.69) is 9.71 Å². The molecule has 0 aliphatic heterocycles. The van der Waals surface area contributed by atoms with Crippen molar-refractivity contribution in [3.63, 3.8) is 0 Å². The predicted octanol–water partition coefficient (Wildman–Crippen LogP) is 1.42. The van der Waals surface area contributed by atoms with Crippen molar-refractivity contribution in [1.82, 2.24) is 14.1 Å². The molecule has 9 heteroatoms. The van der Waals surface area contributed by atoms with E-state index >= 15 is 0 Å². The number of fused-ring (bicyclic) bond motifs is 1. The van der Waals surface area contributed by atoms with Crippen molar-refractivity contribution in [2.45, 2.75) is 24.4 Å². The Labute approximate surface area is 131 Å². The quantitative estimate of drug-likeness (QED) is 0.855. The molecular formula is C12H16ClN3O3S2. The second-order valence-corrected chi connectivity index (χ2v) is 8.27. The Morgan fingerprint density at radius 1 is 1.48 bits per heavy atom. The molecule has 6 nitrogen and oxygen atoms in total. The van der Waals surface area contributed by atoms with E-state index in [0.29, 0.717) is 17.8 Å². The van der Waals surface area contributed by atoms with E-state index in [9.17, 15) is 12.6 Å². The average Bonchev–Trinajstić information content (AvgIpc) is 2.72. The molecule has 0 aliphatic carbocycles. The maximum absolute atomic E-state index is 12.5. The summed E-state index contributed by atoms with van der Waals surface area (Å²) in [6.45, 7) is 1.72. The molecule has 0 saturated heterocycles. The van der Waals surface area contributed by atoms with Crippen molar-refractivity contribution in [1.29, 1.82) is 0 Å². The van der Waals surface area contributed by atoms with Gasteiger partial charge in [-0.05, 0) is 25.5 Å². The fourth-order valence-corrected chi connectivity index (χ4v) is 4.52. The van der Waals surface area contributed by atoms with Gasteiger partial charge in [-0.2, -0.15) is 0 Å². The summed E-state index contributed by atoms with van der Waals surface area (Å²) in [5.74, 6) is 0.435. The largest absolute Gasteiger partial charge is 0.288 e. The minimum Gasteiger partial charge on any atom is -0.288 e. The zero-order chi connectivity index (χ0) is 15.6. The predicted molar refractivity (Wildman–Crippen MR) is 83.5 cm³/mol. The van der Waals surface area contributed by atoms with Gasteiger partial charge in [-0.25, -0.2) is 18.1 Å². The molecule has 0 aliphatic rings. The normalized spacial score (nSPS) is 15.2. The van der Waals surface area contributed by atoms with Crippen LogP contribution in [0.1, 0.15) is 13.3 Å². The Bertz CT molecular complexity index is 773. The number of aromatic nitrogens is 2. The van der Waals surface area contributed by atoms with Crippen LogP contribution in [0.3, 0.4) is 0 Å². The average molecular weight is 350 g/mol. The highest BCUT2D eigenvalue weighted by atomic mass is 35.5. The molecule has 2 atom stereocenters. The summed E-state index contributed by atoms with van der Waals surface area (Å²) < 4.78 is 39.9.